The molecule has 0 saturated carbocycles. The van der Waals surface area contributed by atoms with Crippen molar-refractivity contribution in [2.75, 3.05) is 6.61 Å². The fourth-order valence-corrected chi connectivity index (χ4v) is 3.00. The Labute approximate surface area is 99.1 Å². The number of benzene rings is 1. The van der Waals surface area contributed by atoms with Gasteiger partial charge >= 0.3 is 5.97 Å². The molecule has 1 heterocycles. The molecule has 0 radical (unpaired) electrons. The van der Waals surface area contributed by atoms with Gasteiger partial charge in [-0.2, -0.15) is 0 Å². The normalized spacial score (nSPS) is 15.9. The lowest BCUT2D eigenvalue weighted by molar-refractivity contribution is -0.135. The number of hydrogen-bond acceptors (Lipinski definition) is 4. The summed E-state index contributed by atoms with van der Waals surface area (Å²) in [6.45, 7) is 3.47. The van der Waals surface area contributed by atoms with Crippen molar-refractivity contribution < 1.29 is 17.9 Å². The first kappa shape index (κ1) is 11.6. The first-order valence-corrected chi connectivity index (χ1v) is 6.45. The molecule has 0 aliphatic carbocycles. The summed E-state index contributed by atoms with van der Waals surface area (Å²) < 4.78 is 28.3. The largest absolute Gasteiger partial charge is 0.458 e. The highest BCUT2D eigenvalue weighted by Crippen LogP contribution is 2.33. The topological polar surface area (TPSA) is 60.4 Å². The molecule has 1 aliphatic rings. The lowest BCUT2D eigenvalue weighted by Crippen LogP contribution is -2.05. The first-order valence-electron chi connectivity index (χ1n) is 4.90. The third-order valence-corrected chi connectivity index (χ3v) is 3.82. The third kappa shape index (κ3) is 2.01. The van der Waals surface area contributed by atoms with Crippen LogP contribution >= 0.6 is 0 Å². The number of ether oxygens (including phenoxy) is 1. The standard InChI is InChI=1S/C12H10O4S/c1-2-7-16-12(13)10-8-17(14,15)11-6-4-3-5-9(10)11/h2-6,8H,1,7H2. The van der Waals surface area contributed by atoms with Crippen molar-refractivity contribution in [3.05, 3.63) is 47.9 Å². The van der Waals surface area contributed by atoms with Gasteiger partial charge < -0.3 is 4.74 Å². The average molecular weight is 250 g/mol. The summed E-state index contributed by atoms with van der Waals surface area (Å²) in [5.74, 6) is -0.654. The van der Waals surface area contributed by atoms with E-state index in [9.17, 15) is 13.2 Å². The Morgan fingerprint density at radius 1 is 1.35 bits per heavy atom. The minimum atomic E-state index is -3.51. The quantitative estimate of drug-likeness (QED) is 0.603. The summed E-state index contributed by atoms with van der Waals surface area (Å²) in [5.41, 5.74) is 0.462. The van der Waals surface area contributed by atoms with Crippen LogP contribution in [0.3, 0.4) is 0 Å². The molecule has 1 aromatic rings. The smallest absolute Gasteiger partial charge is 0.339 e. The van der Waals surface area contributed by atoms with E-state index in [1.165, 1.54) is 12.1 Å². The first-order chi connectivity index (χ1) is 8.06. The molecule has 0 N–H and O–H groups in total. The lowest BCUT2D eigenvalue weighted by atomic mass is 10.1. The van der Waals surface area contributed by atoms with E-state index in [0.717, 1.165) is 5.41 Å². The molecule has 1 aliphatic heterocycles. The highest BCUT2D eigenvalue weighted by atomic mass is 32.2. The Morgan fingerprint density at radius 2 is 2.06 bits per heavy atom. The van der Waals surface area contributed by atoms with Crippen LogP contribution in [0, 0.1) is 0 Å². The van der Waals surface area contributed by atoms with E-state index in [2.05, 4.69) is 6.58 Å². The van der Waals surface area contributed by atoms with E-state index in [-0.39, 0.29) is 17.1 Å². The molecule has 0 saturated heterocycles. The van der Waals surface area contributed by atoms with E-state index in [1.54, 1.807) is 18.2 Å². The highest BCUT2D eigenvalue weighted by Gasteiger charge is 2.30. The maximum Gasteiger partial charge on any atom is 0.339 e. The minimum absolute atomic E-state index is 0.0540. The van der Waals surface area contributed by atoms with Crippen molar-refractivity contribution in [3.8, 4) is 0 Å². The fourth-order valence-electron chi connectivity index (χ4n) is 1.59. The Hall–Kier alpha value is -1.88. The number of rotatable bonds is 3. The molecule has 4 nitrogen and oxygen atoms in total. The second-order valence-corrected chi connectivity index (χ2v) is 5.23. The van der Waals surface area contributed by atoms with Gasteiger partial charge in [-0.1, -0.05) is 30.9 Å². The Morgan fingerprint density at radius 3 is 2.76 bits per heavy atom. The maximum atomic E-state index is 11.7. The maximum absolute atomic E-state index is 11.7. The molecular weight excluding hydrogens is 240 g/mol. The molecule has 0 unspecified atom stereocenters. The van der Waals surface area contributed by atoms with Crippen LogP contribution in [0.2, 0.25) is 0 Å². The van der Waals surface area contributed by atoms with Crippen LogP contribution in [-0.2, 0) is 19.4 Å². The van der Waals surface area contributed by atoms with Crippen molar-refractivity contribution in [1.82, 2.24) is 0 Å². The van der Waals surface area contributed by atoms with Crippen LogP contribution in [0.4, 0.5) is 0 Å². The summed E-state index contributed by atoms with van der Waals surface area (Å²) in [7, 11) is -3.51. The van der Waals surface area contributed by atoms with Crippen molar-refractivity contribution in [1.29, 1.82) is 0 Å². The predicted molar refractivity (Wildman–Crippen MR) is 62.8 cm³/mol. The van der Waals surface area contributed by atoms with E-state index in [1.807, 2.05) is 0 Å². The number of sulfone groups is 1. The summed E-state index contributed by atoms with van der Waals surface area (Å²) in [6, 6.07) is 6.34. The second kappa shape index (κ2) is 4.18. The Bertz CT molecular complexity index is 611. The monoisotopic (exact) mass is 250 g/mol. The zero-order chi connectivity index (χ0) is 12.5. The number of carbonyl (C=O) groups is 1. The molecule has 0 bridgehead atoms. The summed E-state index contributed by atoms with van der Waals surface area (Å²) in [5, 5.41) is 0.948. The average Bonchev–Trinajstić information content (AvgIpc) is 2.59. The van der Waals surface area contributed by atoms with Crippen LogP contribution in [0.15, 0.2) is 47.2 Å². The Balaban J connectivity index is 2.45. The van der Waals surface area contributed by atoms with Crippen LogP contribution < -0.4 is 0 Å². The second-order valence-electron chi connectivity index (χ2n) is 3.46. The third-order valence-electron chi connectivity index (χ3n) is 2.31. The zero-order valence-electron chi connectivity index (χ0n) is 8.92. The number of esters is 1. The summed E-state index contributed by atoms with van der Waals surface area (Å²) in [4.78, 5) is 11.8. The predicted octanol–water partition coefficient (Wildman–Crippen LogP) is 1.54. The van der Waals surface area contributed by atoms with Crippen molar-refractivity contribution in [3.63, 3.8) is 0 Å². The van der Waals surface area contributed by atoms with E-state index in [0.29, 0.717) is 5.56 Å². The molecule has 5 heteroatoms. The number of fused-ring (bicyclic) bond motifs is 1. The lowest BCUT2D eigenvalue weighted by Gasteiger charge is -2.03. The van der Waals surface area contributed by atoms with Gasteiger partial charge in [0.05, 0.1) is 15.9 Å². The van der Waals surface area contributed by atoms with Gasteiger partial charge in [0.2, 0.25) is 9.84 Å². The van der Waals surface area contributed by atoms with E-state index < -0.39 is 15.8 Å². The molecule has 0 spiro atoms. The minimum Gasteiger partial charge on any atom is -0.458 e. The SMILES string of the molecule is C=CCOC(=O)C1=CS(=O)(=O)c2ccccc21. The van der Waals surface area contributed by atoms with Crippen LogP contribution in [0.25, 0.3) is 5.57 Å². The molecule has 0 aromatic heterocycles. The molecule has 0 fully saturated rings. The summed E-state index contributed by atoms with van der Waals surface area (Å²) >= 11 is 0. The fraction of sp³-hybridized carbons (Fsp3) is 0.0833. The van der Waals surface area contributed by atoms with Gasteiger partial charge in [-0.05, 0) is 6.07 Å². The van der Waals surface area contributed by atoms with Gasteiger partial charge in [0.25, 0.3) is 0 Å². The van der Waals surface area contributed by atoms with Crippen LogP contribution in [-0.4, -0.2) is 21.0 Å². The van der Waals surface area contributed by atoms with E-state index in [4.69, 9.17) is 4.74 Å². The molecule has 17 heavy (non-hydrogen) atoms. The summed E-state index contributed by atoms with van der Waals surface area (Å²) in [6.07, 6.45) is 1.42. The van der Waals surface area contributed by atoms with Crippen molar-refractivity contribution in [2.45, 2.75) is 4.90 Å². The van der Waals surface area contributed by atoms with Gasteiger partial charge in [0, 0.05) is 5.56 Å². The van der Waals surface area contributed by atoms with Crippen molar-refractivity contribution >= 4 is 21.4 Å². The highest BCUT2D eigenvalue weighted by molar-refractivity contribution is 7.95. The number of carbonyl (C=O) groups excluding carboxylic acids is 1. The van der Waals surface area contributed by atoms with Gasteiger partial charge in [-0.3, -0.25) is 0 Å². The van der Waals surface area contributed by atoms with E-state index >= 15 is 0 Å². The zero-order valence-corrected chi connectivity index (χ0v) is 9.74. The molecule has 2 rings (SSSR count). The van der Waals surface area contributed by atoms with Crippen LogP contribution in [0.5, 0.6) is 0 Å². The van der Waals surface area contributed by atoms with Gasteiger partial charge in [0.15, 0.2) is 0 Å². The van der Waals surface area contributed by atoms with Gasteiger partial charge in [-0.25, -0.2) is 13.2 Å². The molecule has 88 valence electrons. The van der Waals surface area contributed by atoms with Crippen molar-refractivity contribution in [2.24, 2.45) is 0 Å². The Kier molecular flexibility index (Phi) is 2.85. The van der Waals surface area contributed by atoms with Gasteiger partial charge in [0.1, 0.15) is 6.61 Å². The molecule has 1 aromatic carbocycles. The molecular formula is C12H10O4S. The molecule has 0 amide bonds. The number of hydrogen-bond donors (Lipinski definition) is 0. The van der Waals surface area contributed by atoms with Gasteiger partial charge in [-0.15, -0.1) is 0 Å². The molecule has 0 atom stereocenters. The van der Waals surface area contributed by atoms with Crippen LogP contribution in [0.1, 0.15) is 5.56 Å².